The number of nitrogens with zero attached hydrogens (tertiary/aromatic N) is 1. The van der Waals surface area contributed by atoms with Crippen molar-refractivity contribution in [3.05, 3.63) is 82.5 Å². The van der Waals surface area contributed by atoms with Gasteiger partial charge < -0.3 is 19.5 Å². The van der Waals surface area contributed by atoms with Gasteiger partial charge in [-0.3, -0.25) is 4.79 Å². The number of carbonyl (C=O) groups excluding carboxylic acids is 1. The average Bonchev–Trinajstić information content (AvgIpc) is 2.84. The zero-order chi connectivity index (χ0) is 24.4. The molecule has 186 valence electrons. The summed E-state index contributed by atoms with van der Waals surface area (Å²) in [5, 5.41) is 10.6. The molecule has 0 amide bonds. The molecular weight excluding hydrogens is 438 g/mol. The van der Waals surface area contributed by atoms with Crippen LogP contribution in [0.3, 0.4) is 0 Å². The fourth-order valence-electron chi connectivity index (χ4n) is 6.18. The van der Waals surface area contributed by atoms with Gasteiger partial charge in [0.15, 0.2) is 0 Å². The molecule has 1 aromatic carbocycles. The molecule has 1 fully saturated rings. The topological polar surface area (TPSA) is 59.0 Å². The van der Waals surface area contributed by atoms with Crippen molar-refractivity contribution in [1.29, 1.82) is 0 Å². The maximum Gasteiger partial charge on any atom is 0.307 e. The molecule has 5 rings (SSSR count). The molecular formula is C30H37NO4. The van der Waals surface area contributed by atoms with E-state index in [4.69, 9.17) is 9.47 Å². The lowest BCUT2D eigenvalue weighted by Crippen LogP contribution is -2.50. The first-order valence-corrected chi connectivity index (χ1v) is 13.2. The normalized spacial score (nSPS) is 26.4. The van der Waals surface area contributed by atoms with Crippen LogP contribution in [0.5, 0.6) is 0 Å². The number of hydrogen-bond acceptors (Lipinski definition) is 5. The van der Waals surface area contributed by atoms with Crippen molar-refractivity contribution < 1.29 is 19.4 Å². The number of aliphatic hydroxyl groups excluding tert-OH is 1. The minimum atomic E-state index is -0.527. The van der Waals surface area contributed by atoms with Crippen LogP contribution in [0.2, 0.25) is 0 Å². The second-order valence-corrected chi connectivity index (χ2v) is 10.3. The van der Waals surface area contributed by atoms with E-state index in [0.717, 1.165) is 43.6 Å². The number of carbonyl (C=O) groups is 1. The van der Waals surface area contributed by atoms with E-state index in [2.05, 4.69) is 60.4 Å². The van der Waals surface area contributed by atoms with Crippen LogP contribution >= 0.6 is 0 Å². The molecule has 35 heavy (non-hydrogen) atoms. The van der Waals surface area contributed by atoms with Crippen molar-refractivity contribution in [3.63, 3.8) is 0 Å². The van der Waals surface area contributed by atoms with Gasteiger partial charge in [0, 0.05) is 25.8 Å². The molecule has 1 unspecified atom stereocenters. The van der Waals surface area contributed by atoms with Gasteiger partial charge in [0.05, 0.1) is 23.9 Å². The molecule has 2 aliphatic carbocycles. The lowest BCUT2D eigenvalue weighted by atomic mass is 9.73. The molecule has 4 atom stereocenters. The van der Waals surface area contributed by atoms with Crippen molar-refractivity contribution in [2.24, 2.45) is 5.92 Å². The number of rotatable bonds is 7. The van der Waals surface area contributed by atoms with Crippen LogP contribution in [0.25, 0.3) is 0 Å². The van der Waals surface area contributed by atoms with Gasteiger partial charge in [0.25, 0.3) is 0 Å². The third kappa shape index (κ3) is 5.25. The molecule has 5 nitrogen and oxygen atoms in total. The Hall–Kier alpha value is -2.79. The Morgan fingerprint density at radius 1 is 1.20 bits per heavy atom. The Bertz CT molecular complexity index is 1070. The van der Waals surface area contributed by atoms with Gasteiger partial charge in [-0.2, -0.15) is 0 Å². The zero-order valence-corrected chi connectivity index (χ0v) is 20.9. The van der Waals surface area contributed by atoms with Crippen LogP contribution < -0.4 is 0 Å². The third-order valence-corrected chi connectivity index (χ3v) is 7.66. The second kappa shape index (κ2) is 10.4. The minimum absolute atomic E-state index is 0.00211. The molecule has 1 N–H and O–H groups in total. The highest BCUT2D eigenvalue weighted by atomic mass is 16.5. The van der Waals surface area contributed by atoms with E-state index in [1.807, 2.05) is 0 Å². The Labute approximate surface area is 208 Å². The maximum absolute atomic E-state index is 11.9. The molecule has 1 aromatic rings. The molecule has 2 aliphatic heterocycles. The second-order valence-electron chi connectivity index (χ2n) is 10.3. The van der Waals surface area contributed by atoms with Crippen molar-refractivity contribution in [1.82, 2.24) is 4.90 Å². The first-order valence-electron chi connectivity index (χ1n) is 13.2. The minimum Gasteiger partial charge on any atom is -0.491 e. The van der Waals surface area contributed by atoms with E-state index in [1.165, 1.54) is 36.5 Å². The quantitative estimate of drug-likeness (QED) is 0.522. The summed E-state index contributed by atoms with van der Waals surface area (Å²) in [7, 11) is 0. The van der Waals surface area contributed by atoms with Gasteiger partial charge in [-0.05, 0) is 74.3 Å². The average molecular weight is 476 g/mol. The van der Waals surface area contributed by atoms with Gasteiger partial charge in [0.1, 0.15) is 11.5 Å². The number of aryl methyl sites for hydroxylation is 1. The lowest BCUT2D eigenvalue weighted by Gasteiger charge is -2.50. The summed E-state index contributed by atoms with van der Waals surface area (Å²) in [5.74, 6) is 1.16. The summed E-state index contributed by atoms with van der Waals surface area (Å²) in [6.07, 6.45) is 14.2. The Kier molecular flexibility index (Phi) is 7.14. The van der Waals surface area contributed by atoms with Crippen LogP contribution in [0.1, 0.15) is 64.4 Å². The molecule has 2 heterocycles. The number of aliphatic hydroxyl groups is 1. The van der Waals surface area contributed by atoms with Gasteiger partial charge >= 0.3 is 5.97 Å². The van der Waals surface area contributed by atoms with Gasteiger partial charge in [-0.25, -0.2) is 0 Å². The Morgan fingerprint density at radius 3 is 2.83 bits per heavy atom. The predicted molar refractivity (Wildman–Crippen MR) is 136 cm³/mol. The SMILES string of the molecule is CC(=O)OC1=C2C3C=C(O[C@@H](C)CCCc4ccccc4)C=CC3=C3CCCC[C@H]3N2C[C@@H](O)C1. The molecule has 0 aromatic heterocycles. The standard InChI is InChI=1S/C30H37NO4/c1-20(9-8-12-22-10-4-3-5-11-22)34-24-15-16-25-26-13-6-7-14-28(26)31-19-23(33)17-29(35-21(2)32)30(31)27(25)18-24/h3-5,10-11,15-16,18,20,23,27-28,33H,6-9,12-14,17,19H2,1-2H3/t20-,23-,27?,28+/m0/s1. The van der Waals surface area contributed by atoms with Crippen LogP contribution in [-0.2, 0) is 20.7 Å². The van der Waals surface area contributed by atoms with E-state index in [9.17, 15) is 9.90 Å². The van der Waals surface area contributed by atoms with Crippen LogP contribution in [0, 0.1) is 5.92 Å². The zero-order valence-electron chi connectivity index (χ0n) is 20.9. The summed E-state index contributed by atoms with van der Waals surface area (Å²) >= 11 is 0. The van der Waals surface area contributed by atoms with Crippen LogP contribution in [0.4, 0.5) is 0 Å². The van der Waals surface area contributed by atoms with Crippen LogP contribution in [0.15, 0.2) is 76.9 Å². The third-order valence-electron chi connectivity index (χ3n) is 7.66. The van der Waals surface area contributed by atoms with Crippen molar-refractivity contribution in [2.45, 2.75) is 83.5 Å². The first-order chi connectivity index (χ1) is 17.0. The summed E-state index contributed by atoms with van der Waals surface area (Å²) < 4.78 is 12.1. The molecule has 4 aliphatic rings. The van der Waals surface area contributed by atoms with Gasteiger partial charge in [-0.1, -0.05) is 42.8 Å². The summed E-state index contributed by atoms with van der Waals surface area (Å²) in [6, 6.07) is 10.9. The van der Waals surface area contributed by atoms with Crippen molar-refractivity contribution >= 4 is 5.97 Å². The number of fused-ring (bicyclic) bond motifs is 5. The van der Waals surface area contributed by atoms with Crippen molar-refractivity contribution in [3.8, 4) is 0 Å². The maximum atomic E-state index is 11.9. The Balaban J connectivity index is 1.38. The Morgan fingerprint density at radius 2 is 2.03 bits per heavy atom. The fourth-order valence-corrected chi connectivity index (χ4v) is 6.18. The van der Waals surface area contributed by atoms with E-state index in [0.29, 0.717) is 18.7 Å². The molecule has 0 bridgehead atoms. The molecule has 0 spiro atoms. The number of esters is 1. The molecule has 5 heteroatoms. The van der Waals surface area contributed by atoms with E-state index in [1.54, 1.807) is 0 Å². The van der Waals surface area contributed by atoms with Gasteiger partial charge in [-0.15, -0.1) is 0 Å². The summed E-state index contributed by atoms with van der Waals surface area (Å²) in [5.41, 5.74) is 5.20. The molecule has 0 radical (unpaired) electrons. The van der Waals surface area contributed by atoms with E-state index in [-0.39, 0.29) is 24.0 Å². The number of benzene rings is 1. The summed E-state index contributed by atoms with van der Waals surface area (Å²) in [4.78, 5) is 14.3. The monoisotopic (exact) mass is 475 g/mol. The molecule has 0 saturated heterocycles. The highest BCUT2D eigenvalue weighted by Crippen LogP contribution is 2.48. The molecule has 1 saturated carbocycles. The smallest absolute Gasteiger partial charge is 0.307 e. The highest BCUT2D eigenvalue weighted by molar-refractivity contribution is 5.67. The fraction of sp³-hybridized carbons (Fsp3) is 0.500. The number of ether oxygens (including phenoxy) is 2. The first kappa shape index (κ1) is 23.9. The van der Waals surface area contributed by atoms with Gasteiger partial charge in [0.2, 0.25) is 0 Å². The highest BCUT2D eigenvalue weighted by Gasteiger charge is 2.44. The van der Waals surface area contributed by atoms with Crippen molar-refractivity contribution in [2.75, 3.05) is 6.54 Å². The van der Waals surface area contributed by atoms with E-state index >= 15 is 0 Å². The van der Waals surface area contributed by atoms with Crippen LogP contribution in [-0.4, -0.2) is 40.8 Å². The predicted octanol–water partition coefficient (Wildman–Crippen LogP) is 5.58. The number of allylic oxidation sites excluding steroid dienone is 3. The lowest BCUT2D eigenvalue weighted by molar-refractivity contribution is -0.138. The largest absolute Gasteiger partial charge is 0.491 e. The summed E-state index contributed by atoms with van der Waals surface area (Å²) in [6.45, 7) is 4.16. The number of hydrogen-bond donors (Lipinski definition) is 1. The van der Waals surface area contributed by atoms with E-state index < -0.39 is 6.10 Å².